The van der Waals surface area contributed by atoms with Gasteiger partial charge in [-0.15, -0.1) is 0 Å². The average molecular weight is 260 g/mol. The normalized spacial score (nSPS) is 12.2. The van der Waals surface area contributed by atoms with Crippen LogP contribution >= 0.6 is 0 Å². The highest BCUT2D eigenvalue weighted by molar-refractivity contribution is 5.34. The molecule has 0 unspecified atom stereocenters. The summed E-state index contributed by atoms with van der Waals surface area (Å²) < 4.78 is 19.3. The number of pyridine rings is 1. The molecule has 3 nitrogen and oxygen atoms in total. The molecular weight excluding hydrogens is 243 g/mol. The second-order valence-electron chi connectivity index (χ2n) is 4.42. The zero-order valence-electron chi connectivity index (χ0n) is 11.1. The van der Waals surface area contributed by atoms with Gasteiger partial charge in [0.25, 0.3) is 0 Å². The summed E-state index contributed by atoms with van der Waals surface area (Å²) in [5, 5.41) is 0. The van der Waals surface area contributed by atoms with Gasteiger partial charge in [-0.25, -0.2) is 4.39 Å². The van der Waals surface area contributed by atoms with Gasteiger partial charge in [0, 0.05) is 6.04 Å². The van der Waals surface area contributed by atoms with Crippen LogP contribution in [0.2, 0.25) is 0 Å². The maximum atomic E-state index is 13.8. The summed E-state index contributed by atoms with van der Waals surface area (Å²) >= 11 is 0. The molecule has 1 aromatic carbocycles. The second kappa shape index (κ2) is 5.80. The largest absolute Gasteiger partial charge is 0.453 e. The van der Waals surface area contributed by atoms with Crippen LogP contribution in [0.15, 0.2) is 36.5 Å². The lowest BCUT2D eigenvalue weighted by molar-refractivity contribution is 0.437. The molecule has 0 saturated carbocycles. The maximum absolute atomic E-state index is 13.8. The molecule has 4 heteroatoms. The lowest BCUT2D eigenvalue weighted by Gasteiger charge is -2.10. The van der Waals surface area contributed by atoms with Crippen molar-refractivity contribution in [1.82, 2.24) is 4.98 Å². The third-order valence-electron chi connectivity index (χ3n) is 2.96. The molecule has 0 amide bonds. The molecular formula is C15H17FN2O. The van der Waals surface area contributed by atoms with Gasteiger partial charge in [0.2, 0.25) is 0 Å². The van der Waals surface area contributed by atoms with E-state index in [1.165, 1.54) is 0 Å². The predicted octanol–water partition coefficient (Wildman–Crippen LogP) is 3.73. The summed E-state index contributed by atoms with van der Waals surface area (Å²) in [4.78, 5) is 4.23. The highest BCUT2D eigenvalue weighted by Gasteiger charge is 2.08. The molecule has 1 atom stereocenters. The third kappa shape index (κ3) is 3.09. The van der Waals surface area contributed by atoms with Crippen molar-refractivity contribution in [3.8, 4) is 11.5 Å². The number of aromatic nitrogens is 1. The van der Waals surface area contributed by atoms with Crippen molar-refractivity contribution in [2.75, 3.05) is 0 Å². The van der Waals surface area contributed by atoms with Gasteiger partial charge in [-0.3, -0.25) is 4.98 Å². The van der Waals surface area contributed by atoms with Crippen LogP contribution < -0.4 is 10.5 Å². The summed E-state index contributed by atoms with van der Waals surface area (Å²) in [5.74, 6) is 0.350. The topological polar surface area (TPSA) is 48.1 Å². The monoisotopic (exact) mass is 260 g/mol. The van der Waals surface area contributed by atoms with Gasteiger partial charge in [0.05, 0.1) is 11.9 Å². The van der Waals surface area contributed by atoms with Gasteiger partial charge in [-0.05, 0) is 37.1 Å². The van der Waals surface area contributed by atoms with E-state index in [1.807, 2.05) is 6.92 Å². The summed E-state index contributed by atoms with van der Waals surface area (Å²) in [7, 11) is 0. The Kier molecular flexibility index (Phi) is 4.12. The van der Waals surface area contributed by atoms with Crippen LogP contribution in [-0.2, 0) is 0 Å². The highest BCUT2D eigenvalue weighted by atomic mass is 19.1. The van der Waals surface area contributed by atoms with Crippen LogP contribution in [0.1, 0.15) is 30.6 Å². The minimum absolute atomic E-state index is 0.0789. The van der Waals surface area contributed by atoms with E-state index in [0.717, 1.165) is 12.1 Å². The first-order valence-corrected chi connectivity index (χ1v) is 6.26. The first kappa shape index (κ1) is 13.5. The predicted molar refractivity (Wildman–Crippen MR) is 72.7 cm³/mol. The van der Waals surface area contributed by atoms with Crippen LogP contribution in [0.25, 0.3) is 0 Å². The molecule has 0 aliphatic rings. The number of benzene rings is 1. The smallest absolute Gasteiger partial charge is 0.168 e. The van der Waals surface area contributed by atoms with Crippen LogP contribution in [-0.4, -0.2) is 4.98 Å². The minimum Gasteiger partial charge on any atom is -0.453 e. The van der Waals surface area contributed by atoms with Gasteiger partial charge in [-0.2, -0.15) is 0 Å². The molecule has 1 heterocycles. The molecule has 19 heavy (non-hydrogen) atoms. The van der Waals surface area contributed by atoms with Gasteiger partial charge < -0.3 is 10.5 Å². The number of ether oxygens (including phenoxy) is 1. The highest BCUT2D eigenvalue weighted by Crippen LogP contribution is 2.26. The Labute approximate surface area is 112 Å². The standard InChI is InChI=1S/C15H17FN2O/c1-3-12(17)13-8-7-11(9-18-13)19-14-6-4-5-10(2)15(14)16/h4-9,12H,3,17H2,1-2H3/t12-/m0/s1. The molecule has 2 rings (SSSR count). The molecule has 0 radical (unpaired) electrons. The fraction of sp³-hybridized carbons (Fsp3) is 0.267. The number of hydrogen-bond acceptors (Lipinski definition) is 3. The molecule has 100 valence electrons. The second-order valence-corrected chi connectivity index (χ2v) is 4.42. The zero-order chi connectivity index (χ0) is 13.8. The molecule has 0 aliphatic carbocycles. The Balaban J connectivity index is 2.18. The van der Waals surface area contributed by atoms with E-state index < -0.39 is 0 Å². The zero-order valence-corrected chi connectivity index (χ0v) is 11.1. The lowest BCUT2D eigenvalue weighted by atomic mass is 10.1. The van der Waals surface area contributed by atoms with Gasteiger partial charge in [0.15, 0.2) is 11.6 Å². The first-order chi connectivity index (χ1) is 9.11. The van der Waals surface area contributed by atoms with Gasteiger partial charge in [0.1, 0.15) is 5.75 Å². The van der Waals surface area contributed by atoms with E-state index in [9.17, 15) is 4.39 Å². The summed E-state index contributed by atoms with van der Waals surface area (Å²) in [6.07, 6.45) is 2.38. The molecule has 2 N–H and O–H groups in total. The molecule has 0 spiro atoms. The fourth-order valence-corrected chi connectivity index (χ4v) is 1.71. The number of rotatable bonds is 4. The average Bonchev–Trinajstić information content (AvgIpc) is 2.44. The summed E-state index contributed by atoms with van der Waals surface area (Å²) in [6.45, 7) is 3.70. The van der Waals surface area contributed by atoms with Crippen LogP contribution in [0.4, 0.5) is 4.39 Å². The quantitative estimate of drug-likeness (QED) is 0.911. The molecule has 0 bridgehead atoms. The van der Waals surface area contributed by atoms with E-state index >= 15 is 0 Å². The fourth-order valence-electron chi connectivity index (χ4n) is 1.71. The maximum Gasteiger partial charge on any atom is 0.168 e. The van der Waals surface area contributed by atoms with E-state index in [4.69, 9.17) is 10.5 Å². The van der Waals surface area contributed by atoms with Crippen molar-refractivity contribution in [2.45, 2.75) is 26.3 Å². The first-order valence-electron chi connectivity index (χ1n) is 6.26. The van der Waals surface area contributed by atoms with Crippen LogP contribution in [0.5, 0.6) is 11.5 Å². The van der Waals surface area contributed by atoms with Gasteiger partial charge in [-0.1, -0.05) is 19.1 Å². The van der Waals surface area contributed by atoms with Crippen LogP contribution in [0.3, 0.4) is 0 Å². The number of nitrogens with zero attached hydrogens (tertiary/aromatic N) is 1. The van der Waals surface area contributed by atoms with Crippen molar-refractivity contribution in [3.05, 3.63) is 53.6 Å². The molecule has 2 aromatic rings. The molecule has 0 fully saturated rings. The van der Waals surface area contributed by atoms with E-state index in [2.05, 4.69) is 4.98 Å². The SMILES string of the molecule is CC[C@H](N)c1ccc(Oc2cccc(C)c2F)cn1. The Morgan fingerprint density at radius 2 is 2.11 bits per heavy atom. The van der Waals surface area contributed by atoms with Crippen molar-refractivity contribution in [1.29, 1.82) is 0 Å². The Morgan fingerprint density at radius 3 is 2.74 bits per heavy atom. The van der Waals surface area contributed by atoms with E-state index in [1.54, 1.807) is 43.5 Å². The van der Waals surface area contributed by atoms with E-state index in [0.29, 0.717) is 11.3 Å². The minimum atomic E-state index is -0.350. The Hall–Kier alpha value is -1.94. The Bertz CT molecular complexity index is 555. The third-order valence-corrected chi connectivity index (χ3v) is 2.96. The van der Waals surface area contributed by atoms with Crippen LogP contribution in [0, 0.1) is 12.7 Å². The number of nitrogens with two attached hydrogens (primary N) is 1. The lowest BCUT2D eigenvalue weighted by Crippen LogP contribution is -2.10. The number of halogens is 1. The van der Waals surface area contributed by atoms with Crippen molar-refractivity contribution >= 4 is 0 Å². The summed E-state index contributed by atoms with van der Waals surface area (Å²) in [6, 6.07) is 8.52. The van der Waals surface area contributed by atoms with Crippen molar-refractivity contribution < 1.29 is 9.13 Å². The van der Waals surface area contributed by atoms with Crippen molar-refractivity contribution in [2.24, 2.45) is 5.73 Å². The number of aryl methyl sites for hydroxylation is 1. The molecule has 0 saturated heterocycles. The Morgan fingerprint density at radius 1 is 1.32 bits per heavy atom. The van der Waals surface area contributed by atoms with Gasteiger partial charge >= 0.3 is 0 Å². The van der Waals surface area contributed by atoms with Crippen molar-refractivity contribution in [3.63, 3.8) is 0 Å². The van der Waals surface area contributed by atoms with E-state index in [-0.39, 0.29) is 17.6 Å². The molecule has 0 aliphatic heterocycles. The summed E-state index contributed by atoms with van der Waals surface area (Å²) in [5.41, 5.74) is 7.23. The number of hydrogen-bond donors (Lipinski definition) is 1. The molecule has 1 aromatic heterocycles.